The van der Waals surface area contributed by atoms with Crippen LogP contribution < -0.4 is 4.72 Å². The first kappa shape index (κ1) is 32.4. The van der Waals surface area contributed by atoms with E-state index in [2.05, 4.69) is 38.6 Å². The fourth-order valence-corrected chi connectivity index (χ4v) is 6.48. The summed E-state index contributed by atoms with van der Waals surface area (Å²) in [5.41, 5.74) is 1.37. The van der Waals surface area contributed by atoms with Crippen LogP contribution in [0.3, 0.4) is 0 Å². The van der Waals surface area contributed by atoms with Crippen LogP contribution in [0, 0.1) is 12.3 Å². The highest BCUT2D eigenvalue weighted by molar-refractivity contribution is 7.89. The number of aliphatic hydroxyl groups excluding tert-OH is 1. The molecule has 38 heavy (non-hydrogen) atoms. The Morgan fingerprint density at radius 2 is 1.53 bits per heavy atom. The summed E-state index contributed by atoms with van der Waals surface area (Å²) in [5, 5.41) is 11.3. The summed E-state index contributed by atoms with van der Waals surface area (Å²) in [6.45, 7) is 17.9. The Balaban J connectivity index is 2.53. The molecule has 0 amide bonds. The van der Waals surface area contributed by atoms with Crippen LogP contribution >= 0.6 is 0 Å². The zero-order chi connectivity index (χ0) is 28.9. The van der Waals surface area contributed by atoms with Gasteiger partial charge in [0.1, 0.15) is 5.78 Å². The van der Waals surface area contributed by atoms with E-state index in [0.717, 1.165) is 11.1 Å². The summed E-state index contributed by atoms with van der Waals surface area (Å²) in [6.07, 6.45) is -0.944. The van der Waals surface area contributed by atoms with Gasteiger partial charge in [0, 0.05) is 11.8 Å². The zero-order valence-electron chi connectivity index (χ0n) is 24.5. The van der Waals surface area contributed by atoms with Crippen LogP contribution in [0.2, 0.25) is 18.1 Å². The van der Waals surface area contributed by atoms with Crippen molar-refractivity contribution < 1.29 is 22.7 Å². The lowest BCUT2D eigenvalue weighted by Gasteiger charge is -2.42. The Kier molecular flexibility index (Phi) is 10.7. The molecule has 3 atom stereocenters. The number of hydrogen-bond acceptors (Lipinski definition) is 5. The molecule has 0 aliphatic heterocycles. The quantitative estimate of drug-likeness (QED) is 0.309. The van der Waals surface area contributed by atoms with Crippen LogP contribution in [0.15, 0.2) is 59.5 Å². The largest absolute Gasteiger partial charge is 0.412 e. The molecule has 0 saturated carbocycles. The predicted molar refractivity (Wildman–Crippen MR) is 157 cm³/mol. The van der Waals surface area contributed by atoms with Gasteiger partial charge in [-0.2, -0.15) is 0 Å². The maximum Gasteiger partial charge on any atom is 0.240 e. The van der Waals surface area contributed by atoms with Crippen LogP contribution in [0.4, 0.5) is 0 Å². The SMILES string of the molecule is Cc1ccc(S(=O)(=O)N[C@@H]([C@H](O)CC(=O)C(C)(C)C)[C@H](CCc2ccccc2)O[Si](C)(C)C(C)(C)C)cc1. The van der Waals surface area contributed by atoms with Crippen molar-refractivity contribution in [3.8, 4) is 0 Å². The molecule has 0 fully saturated rings. The van der Waals surface area contributed by atoms with Crippen LogP contribution in [0.25, 0.3) is 0 Å². The van der Waals surface area contributed by atoms with Crippen molar-refractivity contribution in [3.63, 3.8) is 0 Å². The average molecular weight is 562 g/mol. The van der Waals surface area contributed by atoms with Gasteiger partial charge in [-0.3, -0.25) is 4.79 Å². The van der Waals surface area contributed by atoms with Crippen LogP contribution in [0.5, 0.6) is 0 Å². The first-order chi connectivity index (χ1) is 17.3. The number of aryl methyl sites for hydroxylation is 2. The molecule has 0 bridgehead atoms. The molecule has 0 spiro atoms. The fraction of sp³-hybridized carbons (Fsp3) is 0.567. The van der Waals surface area contributed by atoms with Crippen molar-refractivity contribution in [1.29, 1.82) is 0 Å². The highest BCUT2D eigenvalue weighted by atomic mass is 32.2. The third kappa shape index (κ3) is 9.12. The van der Waals surface area contributed by atoms with Crippen LogP contribution in [-0.4, -0.2) is 45.9 Å². The number of benzene rings is 2. The van der Waals surface area contributed by atoms with E-state index in [-0.39, 0.29) is 22.1 Å². The molecule has 8 heteroatoms. The van der Waals surface area contributed by atoms with Gasteiger partial charge in [0.25, 0.3) is 0 Å². The number of aliphatic hydroxyl groups is 1. The first-order valence-corrected chi connectivity index (χ1v) is 17.7. The van der Waals surface area contributed by atoms with E-state index in [1.165, 1.54) is 0 Å². The molecular formula is C30H47NO5SSi. The number of Topliss-reactive ketones (excluding diaryl/α,β-unsaturated/α-hetero) is 1. The topological polar surface area (TPSA) is 92.7 Å². The molecule has 2 aromatic rings. The lowest BCUT2D eigenvalue weighted by atomic mass is 9.85. The molecule has 0 aromatic heterocycles. The van der Waals surface area contributed by atoms with E-state index in [1.54, 1.807) is 45.0 Å². The fourth-order valence-electron chi connectivity index (χ4n) is 3.81. The number of carbonyl (C=O) groups is 1. The summed E-state index contributed by atoms with van der Waals surface area (Å²) in [7, 11) is -6.38. The van der Waals surface area contributed by atoms with E-state index >= 15 is 0 Å². The molecule has 0 saturated heterocycles. The second-order valence-electron chi connectivity index (χ2n) is 12.8. The van der Waals surface area contributed by atoms with E-state index in [0.29, 0.717) is 12.8 Å². The highest BCUT2D eigenvalue weighted by Crippen LogP contribution is 2.38. The predicted octanol–water partition coefficient (Wildman–Crippen LogP) is 6.03. The lowest BCUT2D eigenvalue weighted by molar-refractivity contribution is -0.129. The van der Waals surface area contributed by atoms with Crippen molar-refractivity contribution in [2.75, 3.05) is 0 Å². The number of carbonyl (C=O) groups excluding carboxylic acids is 1. The molecule has 0 radical (unpaired) electrons. The van der Waals surface area contributed by atoms with E-state index in [4.69, 9.17) is 4.43 Å². The van der Waals surface area contributed by atoms with Gasteiger partial charge in [-0.25, -0.2) is 13.1 Å². The summed E-state index contributed by atoms with van der Waals surface area (Å²) in [4.78, 5) is 13.0. The van der Waals surface area contributed by atoms with Crippen molar-refractivity contribution in [1.82, 2.24) is 4.72 Å². The molecule has 2 rings (SSSR count). The van der Waals surface area contributed by atoms with Gasteiger partial charge in [-0.1, -0.05) is 89.6 Å². The molecule has 0 heterocycles. The van der Waals surface area contributed by atoms with Crippen LogP contribution in [-0.2, 0) is 25.7 Å². The van der Waals surface area contributed by atoms with Gasteiger partial charge in [-0.15, -0.1) is 0 Å². The van der Waals surface area contributed by atoms with Crippen molar-refractivity contribution >= 4 is 24.1 Å². The Morgan fingerprint density at radius 3 is 2.03 bits per heavy atom. The zero-order valence-corrected chi connectivity index (χ0v) is 26.4. The van der Waals surface area contributed by atoms with Crippen molar-refractivity contribution in [3.05, 3.63) is 65.7 Å². The van der Waals surface area contributed by atoms with E-state index in [1.807, 2.05) is 37.3 Å². The summed E-state index contributed by atoms with van der Waals surface area (Å²) < 4.78 is 36.6. The minimum atomic E-state index is -4.00. The maximum atomic E-state index is 13.5. The number of hydrogen-bond donors (Lipinski definition) is 2. The molecule has 6 nitrogen and oxygen atoms in total. The Hall–Kier alpha value is -1.84. The second-order valence-corrected chi connectivity index (χ2v) is 19.3. The molecule has 0 aliphatic carbocycles. The molecule has 2 N–H and O–H groups in total. The minimum absolute atomic E-state index is 0.108. The van der Waals surface area contributed by atoms with E-state index < -0.39 is 42.0 Å². The monoisotopic (exact) mass is 561 g/mol. The second kappa shape index (κ2) is 12.6. The third-order valence-electron chi connectivity index (χ3n) is 7.48. The number of ketones is 1. The Bertz CT molecular complexity index is 1150. The van der Waals surface area contributed by atoms with Gasteiger partial charge < -0.3 is 9.53 Å². The van der Waals surface area contributed by atoms with Gasteiger partial charge >= 0.3 is 0 Å². The first-order valence-electron chi connectivity index (χ1n) is 13.4. The number of rotatable bonds is 12. The van der Waals surface area contributed by atoms with E-state index in [9.17, 15) is 18.3 Å². The Labute approximate surface area is 231 Å². The maximum absolute atomic E-state index is 13.5. The molecule has 212 valence electrons. The molecule has 0 unspecified atom stereocenters. The number of sulfonamides is 1. The standard InChI is InChI=1S/C30H47NO5SSi/c1-22-15-18-24(19-16-22)37(34,35)31-28(25(32)21-27(33)29(2,3)4)26(36-38(8,9)30(5,6)7)20-17-23-13-11-10-12-14-23/h10-16,18-19,25-26,28,31-32H,17,20-21H2,1-9H3/t25-,26+,28+/m1/s1. The highest BCUT2D eigenvalue weighted by Gasteiger charge is 2.43. The summed E-state index contributed by atoms with van der Waals surface area (Å²) in [5.74, 6) is -0.140. The van der Waals surface area contributed by atoms with Gasteiger partial charge in [0.15, 0.2) is 8.32 Å². The lowest BCUT2D eigenvalue weighted by Crippen LogP contribution is -2.56. The summed E-state index contributed by atoms with van der Waals surface area (Å²) >= 11 is 0. The molecular weight excluding hydrogens is 514 g/mol. The third-order valence-corrected chi connectivity index (χ3v) is 13.5. The minimum Gasteiger partial charge on any atom is -0.412 e. The van der Waals surface area contributed by atoms with Gasteiger partial charge in [0.05, 0.1) is 23.1 Å². The molecule has 0 aliphatic rings. The van der Waals surface area contributed by atoms with Crippen molar-refractivity contribution in [2.45, 2.75) is 109 Å². The normalized spacial score (nSPS) is 15.6. The average Bonchev–Trinajstić information content (AvgIpc) is 2.79. The number of nitrogens with one attached hydrogen (secondary N) is 1. The van der Waals surface area contributed by atoms with Crippen molar-refractivity contribution in [2.24, 2.45) is 5.41 Å². The van der Waals surface area contributed by atoms with Gasteiger partial charge in [0.2, 0.25) is 10.0 Å². The Morgan fingerprint density at radius 1 is 0.974 bits per heavy atom. The van der Waals surface area contributed by atoms with Gasteiger partial charge in [-0.05, 0) is 55.6 Å². The van der Waals surface area contributed by atoms with Crippen LogP contribution in [0.1, 0.15) is 65.5 Å². The molecule has 2 aromatic carbocycles. The smallest absolute Gasteiger partial charge is 0.240 e. The summed E-state index contributed by atoms with van der Waals surface area (Å²) in [6, 6.07) is 15.5.